The van der Waals surface area contributed by atoms with Crippen molar-refractivity contribution in [2.45, 2.75) is 44.4 Å². The van der Waals surface area contributed by atoms with E-state index >= 15 is 0 Å². The van der Waals surface area contributed by atoms with Crippen LogP contribution in [-0.4, -0.2) is 57.5 Å². The van der Waals surface area contributed by atoms with Gasteiger partial charge in [-0.1, -0.05) is 23.7 Å². The summed E-state index contributed by atoms with van der Waals surface area (Å²) < 4.78 is 14.2. The number of amides is 2. The van der Waals surface area contributed by atoms with Crippen molar-refractivity contribution in [3.05, 3.63) is 58.9 Å². The van der Waals surface area contributed by atoms with Gasteiger partial charge in [-0.3, -0.25) is 9.59 Å². The summed E-state index contributed by atoms with van der Waals surface area (Å²) in [5, 5.41) is 10.5. The van der Waals surface area contributed by atoms with Crippen LogP contribution in [0.15, 0.2) is 42.5 Å². The lowest BCUT2D eigenvalue weighted by Gasteiger charge is -2.45. The lowest BCUT2D eigenvalue weighted by Crippen LogP contribution is -2.62. The van der Waals surface area contributed by atoms with Gasteiger partial charge in [0.1, 0.15) is 11.4 Å². The topological polar surface area (TPSA) is 60.9 Å². The predicted molar refractivity (Wildman–Crippen MR) is 113 cm³/mol. The van der Waals surface area contributed by atoms with Crippen molar-refractivity contribution in [2.75, 3.05) is 13.1 Å². The van der Waals surface area contributed by atoms with Gasteiger partial charge in [0.05, 0.1) is 0 Å². The first-order valence-corrected chi connectivity index (χ1v) is 10.5. The number of rotatable bonds is 3. The van der Waals surface area contributed by atoms with E-state index in [-0.39, 0.29) is 23.9 Å². The van der Waals surface area contributed by atoms with Gasteiger partial charge in [0.2, 0.25) is 0 Å². The SMILES string of the molecule is C[C@@H]1CN(C(=O)c2ccc(-c3ccc(Cl)cc3F)cc2)C[C@H](C)N1C(=O)C1(O)CC1. The molecule has 0 spiro atoms. The van der Waals surface area contributed by atoms with Crippen molar-refractivity contribution in [3.63, 3.8) is 0 Å². The van der Waals surface area contributed by atoms with E-state index in [0.717, 1.165) is 0 Å². The molecular weight excluding hydrogens is 407 g/mol. The summed E-state index contributed by atoms with van der Waals surface area (Å²) in [6, 6.07) is 10.9. The standard InChI is InChI=1S/C23H24ClFN2O3/c1-14-12-26(13-15(2)27(14)22(29)23(30)9-10-23)21(28)17-5-3-16(4-6-17)19-8-7-18(24)11-20(19)25/h3-8,11,14-15,30H,9-10,12-13H2,1-2H3/t14-,15+. The van der Waals surface area contributed by atoms with Gasteiger partial charge in [0, 0.05) is 41.3 Å². The number of benzene rings is 2. The van der Waals surface area contributed by atoms with Crippen LogP contribution in [0.1, 0.15) is 37.0 Å². The Kier molecular flexibility index (Phi) is 5.32. The van der Waals surface area contributed by atoms with E-state index < -0.39 is 11.4 Å². The van der Waals surface area contributed by atoms with Crippen LogP contribution in [0.2, 0.25) is 5.02 Å². The first-order chi connectivity index (χ1) is 14.2. The third kappa shape index (κ3) is 3.82. The van der Waals surface area contributed by atoms with Gasteiger partial charge >= 0.3 is 0 Å². The molecule has 0 radical (unpaired) electrons. The minimum absolute atomic E-state index is 0.130. The first-order valence-electron chi connectivity index (χ1n) is 10.1. The Hall–Kier alpha value is -2.44. The number of halogens is 2. The number of hydrogen-bond acceptors (Lipinski definition) is 3. The molecule has 2 aromatic rings. The zero-order valence-electron chi connectivity index (χ0n) is 16.9. The lowest BCUT2D eigenvalue weighted by atomic mass is 10.0. The average Bonchev–Trinajstić information content (AvgIpc) is 3.46. The minimum Gasteiger partial charge on any atom is -0.380 e. The molecule has 0 unspecified atom stereocenters. The van der Waals surface area contributed by atoms with E-state index in [1.165, 1.54) is 6.07 Å². The number of carbonyl (C=O) groups excluding carboxylic acids is 2. The van der Waals surface area contributed by atoms with Crippen LogP contribution in [-0.2, 0) is 4.79 Å². The molecule has 2 aliphatic rings. The Balaban J connectivity index is 1.48. The van der Waals surface area contributed by atoms with E-state index in [2.05, 4.69) is 0 Å². The molecule has 1 aliphatic carbocycles. The molecule has 2 aromatic carbocycles. The van der Waals surface area contributed by atoms with E-state index in [1.807, 2.05) is 13.8 Å². The van der Waals surface area contributed by atoms with Crippen molar-refractivity contribution in [1.29, 1.82) is 0 Å². The molecule has 1 aliphatic heterocycles. The molecule has 2 atom stereocenters. The molecule has 1 saturated heterocycles. The van der Waals surface area contributed by atoms with Gasteiger partial charge in [-0.2, -0.15) is 0 Å². The van der Waals surface area contributed by atoms with Crippen molar-refractivity contribution < 1.29 is 19.1 Å². The Labute approximate surface area is 180 Å². The summed E-state index contributed by atoms with van der Waals surface area (Å²) in [5.74, 6) is -0.777. The fraction of sp³-hybridized carbons (Fsp3) is 0.391. The summed E-state index contributed by atoms with van der Waals surface area (Å²) in [6.07, 6.45) is 1.01. The van der Waals surface area contributed by atoms with Gasteiger partial charge in [0.25, 0.3) is 11.8 Å². The third-order valence-corrected chi connectivity index (χ3v) is 6.17. The Bertz CT molecular complexity index is 978. The quantitative estimate of drug-likeness (QED) is 0.807. The smallest absolute Gasteiger partial charge is 0.255 e. The second-order valence-corrected chi connectivity index (χ2v) is 8.79. The average molecular weight is 431 g/mol. The van der Waals surface area contributed by atoms with Crippen LogP contribution < -0.4 is 0 Å². The number of hydrogen-bond donors (Lipinski definition) is 1. The van der Waals surface area contributed by atoms with Crippen molar-refractivity contribution in [1.82, 2.24) is 9.80 Å². The van der Waals surface area contributed by atoms with Crippen LogP contribution in [0.4, 0.5) is 4.39 Å². The highest BCUT2D eigenvalue weighted by atomic mass is 35.5. The molecule has 0 aromatic heterocycles. The molecule has 7 heteroatoms. The van der Waals surface area contributed by atoms with E-state index in [4.69, 9.17) is 11.6 Å². The summed E-state index contributed by atoms with van der Waals surface area (Å²) in [7, 11) is 0. The monoisotopic (exact) mass is 430 g/mol. The Morgan fingerprint density at radius 2 is 1.67 bits per heavy atom. The highest BCUT2D eigenvalue weighted by molar-refractivity contribution is 6.30. The summed E-state index contributed by atoms with van der Waals surface area (Å²) >= 11 is 5.81. The van der Waals surface area contributed by atoms with Crippen LogP contribution in [0.5, 0.6) is 0 Å². The number of piperazine rings is 1. The Morgan fingerprint density at radius 3 is 2.20 bits per heavy atom. The molecule has 4 rings (SSSR count). The zero-order valence-corrected chi connectivity index (χ0v) is 17.7. The molecule has 30 heavy (non-hydrogen) atoms. The van der Waals surface area contributed by atoms with Crippen LogP contribution in [0.25, 0.3) is 11.1 Å². The number of nitrogens with zero attached hydrogens (tertiary/aromatic N) is 2. The number of aliphatic hydroxyl groups is 1. The molecule has 5 nitrogen and oxygen atoms in total. The molecule has 1 N–H and O–H groups in total. The maximum Gasteiger partial charge on any atom is 0.255 e. The lowest BCUT2D eigenvalue weighted by molar-refractivity contribution is -0.150. The molecule has 2 fully saturated rings. The maximum absolute atomic E-state index is 14.2. The highest BCUT2D eigenvalue weighted by Gasteiger charge is 2.52. The summed E-state index contributed by atoms with van der Waals surface area (Å²) in [6.45, 7) is 4.59. The molecule has 1 heterocycles. The minimum atomic E-state index is -1.21. The van der Waals surface area contributed by atoms with E-state index in [0.29, 0.717) is 47.6 Å². The van der Waals surface area contributed by atoms with Gasteiger partial charge < -0.3 is 14.9 Å². The normalized spacial score (nSPS) is 22.7. The molecular formula is C23H24ClFN2O3. The second kappa shape index (κ2) is 7.67. The largest absolute Gasteiger partial charge is 0.380 e. The van der Waals surface area contributed by atoms with Gasteiger partial charge in [-0.25, -0.2) is 4.39 Å². The van der Waals surface area contributed by atoms with Gasteiger partial charge in [-0.05, 0) is 62.6 Å². The zero-order chi connectivity index (χ0) is 21.6. The fourth-order valence-electron chi connectivity index (χ4n) is 4.16. The third-order valence-electron chi connectivity index (χ3n) is 5.94. The van der Waals surface area contributed by atoms with Crippen molar-refractivity contribution in [2.24, 2.45) is 0 Å². The molecule has 0 bridgehead atoms. The summed E-state index contributed by atoms with van der Waals surface area (Å²) in [4.78, 5) is 29.1. The second-order valence-electron chi connectivity index (χ2n) is 8.35. The maximum atomic E-state index is 14.2. The van der Waals surface area contributed by atoms with E-state index in [1.54, 1.807) is 46.2 Å². The van der Waals surface area contributed by atoms with Crippen molar-refractivity contribution in [3.8, 4) is 11.1 Å². The highest BCUT2D eigenvalue weighted by Crippen LogP contribution is 2.38. The van der Waals surface area contributed by atoms with E-state index in [9.17, 15) is 19.1 Å². The van der Waals surface area contributed by atoms with Crippen LogP contribution >= 0.6 is 11.6 Å². The van der Waals surface area contributed by atoms with Crippen molar-refractivity contribution >= 4 is 23.4 Å². The van der Waals surface area contributed by atoms with Gasteiger partial charge in [-0.15, -0.1) is 0 Å². The Morgan fingerprint density at radius 1 is 1.07 bits per heavy atom. The fourth-order valence-corrected chi connectivity index (χ4v) is 4.32. The number of carbonyl (C=O) groups is 2. The molecule has 1 saturated carbocycles. The first kappa shape index (κ1) is 20.8. The molecule has 2 amide bonds. The van der Waals surface area contributed by atoms with Gasteiger partial charge in [0.15, 0.2) is 0 Å². The summed E-state index contributed by atoms with van der Waals surface area (Å²) in [5.41, 5.74) is 0.385. The molecule has 158 valence electrons. The van der Waals surface area contributed by atoms with Crippen LogP contribution in [0.3, 0.4) is 0 Å². The predicted octanol–water partition coefficient (Wildman–Crippen LogP) is 3.73. The van der Waals surface area contributed by atoms with Crippen LogP contribution in [0, 0.1) is 5.82 Å².